The van der Waals surface area contributed by atoms with Gasteiger partial charge in [0.2, 0.25) is 0 Å². The summed E-state index contributed by atoms with van der Waals surface area (Å²) in [5, 5.41) is 5.01. The Morgan fingerprint density at radius 2 is 0.571 bits per heavy atom. The first-order chi connectivity index (χ1) is 31.3. The van der Waals surface area contributed by atoms with Crippen molar-refractivity contribution in [2.24, 2.45) is 0 Å². The van der Waals surface area contributed by atoms with Gasteiger partial charge in [-0.25, -0.2) is 0 Å². The topological polar surface area (TPSA) is 13.1 Å². The van der Waals surface area contributed by atoms with Gasteiger partial charge in [-0.1, -0.05) is 164 Å². The summed E-state index contributed by atoms with van der Waals surface area (Å²) >= 11 is 0. The van der Waals surface area contributed by atoms with Crippen molar-refractivity contribution >= 4 is 60.7 Å². The van der Waals surface area contributed by atoms with Crippen LogP contribution >= 0.6 is 0 Å². The third-order valence-corrected chi connectivity index (χ3v) is 12.5. The number of fused-ring (bicyclic) bond motifs is 6. The molecule has 0 aliphatic carbocycles. The van der Waals surface area contributed by atoms with Crippen LogP contribution in [0, 0.1) is 0 Å². The van der Waals surface area contributed by atoms with Crippen LogP contribution in [0.15, 0.2) is 249 Å². The zero-order valence-corrected chi connectivity index (χ0v) is 34.5. The molecule has 0 spiro atoms. The van der Waals surface area contributed by atoms with Crippen LogP contribution in [0.3, 0.4) is 0 Å². The number of hydrogen-bond acceptors (Lipinski definition) is 1. The Hall–Kier alpha value is -8.40. The largest absolute Gasteiger partial charge is 0.311 e. The lowest BCUT2D eigenvalue weighted by atomic mass is 9.98. The van der Waals surface area contributed by atoms with Gasteiger partial charge in [0.15, 0.2) is 0 Å². The van der Waals surface area contributed by atoms with E-state index in [0.717, 1.165) is 28.4 Å². The van der Waals surface area contributed by atoms with Crippen LogP contribution in [0.1, 0.15) is 0 Å². The Morgan fingerprint density at radius 3 is 1.00 bits per heavy atom. The molecule has 0 radical (unpaired) electrons. The van der Waals surface area contributed by atoms with E-state index < -0.39 is 0 Å². The van der Waals surface area contributed by atoms with Gasteiger partial charge in [-0.2, -0.15) is 0 Å². The highest BCUT2D eigenvalue weighted by atomic mass is 15.1. The molecule has 0 fully saturated rings. The molecule has 12 aromatic rings. The number of para-hydroxylation sites is 4. The van der Waals surface area contributed by atoms with Gasteiger partial charge in [0.05, 0.1) is 22.1 Å². The highest BCUT2D eigenvalue weighted by molar-refractivity contribution is 6.17. The number of aromatic nitrogens is 2. The monoisotopic (exact) mass is 803 g/mol. The van der Waals surface area contributed by atoms with Crippen molar-refractivity contribution in [1.82, 2.24) is 9.13 Å². The molecule has 0 saturated carbocycles. The van der Waals surface area contributed by atoms with Gasteiger partial charge >= 0.3 is 0 Å². The molecule has 296 valence electrons. The molecule has 0 bridgehead atoms. The van der Waals surface area contributed by atoms with Crippen LogP contribution in [-0.2, 0) is 0 Å². The molecule has 2 heterocycles. The lowest BCUT2D eigenvalue weighted by Gasteiger charge is -2.26. The van der Waals surface area contributed by atoms with Gasteiger partial charge in [0, 0.05) is 50.0 Å². The first kappa shape index (κ1) is 36.5. The summed E-state index contributed by atoms with van der Waals surface area (Å²) in [4.78, 5) is 2.37. The van der Waals surface area contributed by atoms with Crippen molar-refractivity contribution in [3.8, 4) is 44.8 Å². The van der Waals surface area contributed by atoms with Crippen molar-refractivity contribution in [2.45, 2.75) is 0 Å². The zero-order chi connectivity index (χ0) is 41.7. The van der Waals surface area contributed by atoms with Crippen LogP contribution in [0.2, 0.25) is 0 Å². The molecule has 3 nitrogen and oxygen atoms in total. The summed E-state index contributed by atoms with van der Waals surface area (Å²) in [5.74, 6) is 0. The quantitative estimate of drug-likeness (QED) is 0.149. The fourth-order valence-electron chi connectivity index (χ4n) is 9.69. The predicted molar refractivity (Wildman–Crippen MR) is 266 cm³/mol. The fraction of sp³-hybridized carbons (Fsp3) is 0. The molecule has 0 aliphatic heterocycles. The average molecular weight is 804 g/mol. The number of rotatable bonds is 8. The Balaban J connectivity index is 0.968. The summed E-state index contributed by atoms with van der Waals surface area (Å²) < 4.78 is 4.77. The Morgan fingerprint density at radius 1 is 0.238 bits per heavy atom. The van der Waals surface area contributed by atoms with E-state index in [2.05, 4.69) is 263 Å². The van der Waals surface area contributed by atoms with Gasteiger partial charge < -0.3 is 14.0 Å². The second kappa shape index (κ2) is 15.3. The van der Waals surface area contributed by atoms with E-state index in [1.165, 1.54) is 77.0 Å². The van der Waals surface area contributed by atoms with Crippen LogP contribution < -0.4 is 4.90 Å². The minimum Gasteiger partial charge on any atom is -0.311 e. The first-order valence-corrected chi connectivity index (χ1v) is 21.6. The third kappa shape index (κ3) is 6.21. The zero-order valence-electron chi connectivity index (χ0n) is 34.5. The van der Waals surface area contributed by atoms with Crippen molar-refractivity contribution in [2.75, 3.05) is 4.90 Å². The minimum atomic E-state index is 1.09. The van der Waals surface area contributed by atoms with E-state index in [9.17, 15) is 0 Å². The maximum absolute atomic E-state index is 2.38. The summed E-state index contributed by atoms with van der Waals surface area (Å²) in [6.07, 6.45) is 0. The third-order valence-electron chi connectivity index (χ3n) is 12.5. The minimum absolute atomic E-state index is 1.09. The van der Waals surface area contributed by atoms with Crippen LogP contribution in [-0.4, -0.2) is 9.13 Å². The van der Waals surface area contributed by atoms with Crippen LogP contribution in [0.4, 0.5) is 17.1 Å². The molecular weight excluding hydrogens is 763 g/mol. The summed E-state index contributed by atoms with van der Waals surface area (Å²) in [7, 11) is 0. The normalized spacial score (nSPS) is 11.5. The Labute approximate surface area is 366 Å². The Bertz CT molecular complexity index is 3370. The van der Waals surface area contributed by atoms with E-state index in [1.807, 2.05) is 0 Å². The van der Waals surface area contributed by atoms with E-state index in [4.69, 9.17) is 0 Å². The maximum atomic E-state index is 2.38. The lowest BCUT2D eigenvalue weighted by molar-refractivity contribution is 1.18. The molecule has 3 heteroatoms. The van der Waals surface area contributed by atoms with Crippen LogP contribution in [0.25, 0.3) is 88.4 Å². The smallest absolute Gasteiger partial charge is 0.0547 e. The summed E-state index contributed by atoms with van der Waals surface area (Å²) in [5.41, 5.74) is 17.6. The highest BCUT2D eigenvalue weighted by Crippen LogP contribution is 2.43. The maximum Gasteiger partial charge on any atom is 0.0547 e. The number of benzene rings is 10. The summed E-state index contributed by atoms with van der Waals surface area (Å²) in [6, 6.07) is 89.9. The van der Waals surface area contributed by atoms with Gasteiger partial charge in [-0.3, -0.25) is 0 Å². The number of anilines is 3. The van der Waals surface area contributed by atoms with E-state index >= 15 is 0 Å². The molecular formula is C60H41N3. The molecule has 0 N–H and O–H groups in total. The molecule has 0 amide bonds. The van der Waals surface area contributed by atoms with E-state index in [0.29, 0.717) is 0 Å². The first-order valence-electron chi connectivity index (χ1n) is 21.6. The molecule has 0 saturated heterocycles. The molecule has 0 aliphatic rings. The average Bonchev–Trinajstić information content (AvgIpc) is 3.89. The van der Waals surface area contributed by atoms with Crippen molar-refractivity contribution < 1.29 is 0 Å². The molecule has 2 aromatic heterocycles. The standard InChI is InChI=1S/C60H41N3/c1-4-16-42(17-5-1)43-30-36-48(37-31-43)61(49-38-32-44(33-39-49)51-24-14-28-57-59(51)53-22-10-12-26-55(53)62(57)46-18-6-2-7-19-46)50-40-34-45(35-41-50)52-25-15-29-58-60(52)54-23-11-13-27-56(54)63(58)47-20-8-3-9-21-47/h1-41H. The molecule has 0 unspecified atom stereocenters. The molecule has 10 aromatic carbocycles. The predicted octanol–water partition coefficient (Wildman–Crippen LogP) is 16.4. The molecule has 12 rings (SSSR count). The van der Waals surface area contributed by atoms with Crippen molar-refractivity contribution in [1.29, 1.82) is 0 Å². The van der Waals surface area contributed by atoms with Gasteiger partial charge in [0.1, 0.15) is 0 Å². The Kier molecular flexibility index (Phi) is 8.83. The number of nitrogens with zero attached hydrogens (tertiary/aromatic N) is 3. The molecule has 0 atom stereocenters. The second-order valence-corrected chi connectivity index (χ2v) is 16.1. The van der Waals surface area contributed by atoms with Gasteiger partial charge in [0.25, 0.3) is 0 Å². The highest BCUT2D eigenvalue weighted by Gasteiger charge is 2.19. The van der Waals surface area contributed by atoms with E-state index in [1.54, 1.807) is 0 Å². The van der Waals surface area contributed by atoms with Gasteiger partial charge in [-0.05, 0) is 118 Å². The van der Waals surface area contributed by atoms with Crippen molar-refractivity contribution in [3.63, 3.8) is 0 Å². The van der Waals surface area contributed by atoms with Gasteiger partial charge in [-0.15, -0.1) is 0 Å². The number of hydrogen-bond donors (Lipinski definition) is 0. The molecule has 63 heavy (non-hydrogen) atoms. The second-order valence-electron chi connectivity index (χ2n) is 16.1. The summed E-state index contributed by atoms with van der Waals surface area (Å²) in [6.45, 7) is 0. The lowest BCUT2D eigenvalue weighted by Crippen LogP contribution is -2.09. The fourth-order valence-corrected chi connectivity index (χ4v) is 9.69. The SMILES string of the molecule is c1ccc(-c2ccc(N(c3ccc(-c4cccc5c4c4ccccc4n5-c4ccccc4)cc3)c3ccc(-c4cccc5c4c4ccccc4n5-c4ccccc4)cc3)cc2)cc1. The van der Waals surface area contributed by atoms with E-state index in [-0.39, 0.29) is 0 Å². The van der Waals surface area contributed by atoms with Crippen molar-refractivity contribution in [3.05, 3.63) is 249 Å². The van der Waals surface area contributed by atoms with Crippen LogP contribution in [0.5, 0.6) is 0 Å².